The molecule has 4 aromatic rings. The fourth-order valence-electron chi connectivity index (χ4n) is 3.22. The minimum absolute atomic E-state index is 0.173. The maximum Gasteiger partial charge on any atom is 0.261 e. The number of aromatic nitrogens is 3. The van der Waals surface area contributed by atoms with Crippen LogP contribution >= 0.6 is 0 Å². The summed E-state index contributed by atoms with van der Waals surface area (Å²) in [7, 11) is 0. The third-order valence-electron chi connectivity index (χ3n) is 5.00. The number of ether oxygens (including phenoxy) is 1. The molecule has 2 aromatic carbocycles. The molecule has 0 fully saturated rings. The van der Waals surface area contributed by atoms with Gasteiger partial charge < -0.3 is 14.6 Å². The molecule has 0 aliphatic rings. The topological polar surface area (TPSA) is 90.1 Å². The molecule has 0 saturated carbocycles. The summed E-state index contributed by atoms with van der Waals surface area (Å²) in [5, 5.41) is 6.86. The Kier molecular flexibility index (Phi) is 6.26. The number of aryl methyl sites for hydroxylation is 2. The molecule has 0 radical (unpaired) electrons. The fraction of sp³-hybridized carbons (Fsp3) is 0.200. The Labute approximate surface area is 186 Å². The van der Waals surface area contributed by atoms with E-state index in [0.717, 1.165) is 33.6 Å². The Morgan fingerprint density at radius 1 is 1.09 bits per heavy atom. The van der Waals surface area contributed by atoms with E-state index in [4.69, 9.17) is 9.26 Å². The molecule has 7 heteroatoms. The first-order chi connectivity index (χ1) is 15.5. The maximum absolute atomic E-state index is 12.4. The third kappa shape index (κ3) is 5.00. The van der Waals surface area contributed by atoms with Crippen molar-refractivity contribution in [2.75, 3.05) is 0 Å². The van der Waals surface area contributed by atoms with Gasteiger partial charge in [0.25, 0.3) is 5.91 Å². The number of nitrogens with one attached hydrogen (secondary N) is 1. The minimum Gasteiger partial charge on any atom is -0.481 e. The van der Waals surface area contributed by atoms with Gasteiger partial charge in [-0.15, -0.1) is 0 Å². The van der Waals surface area contributed by atoms with Crippen LogP contribution < -0.4 is 10.1 Å². The van der Waals surface area contributed by atoms with Crippen molar-refractivity contribution in [3.05, 3.63) is 83.9 Å². The average Bonchev–Trinajstić information content (AvgIpc) is 3.25. The van der Waals surface area contributed by atoms with E-state index in [9.17, 15) is 4.79 Å². The van der Waals surface area contributed by atoms with Crippen LogP contribution in [0.4, 0.5) is 0 Å². The summed E-state index contributed by atoms with van der Waals surface area (Å²) >= 11 is 0. The molecule has 0 bridgehead atoms. The molecule has 0 aliphatic heterocycles. The molecule has 0 unspecified atom stereocenters. The van der Waals surface area contributed by atoms with Crippen LogP contribution in [0.1, 0.15) is 23.7 Å². The first-order valence-corrected chi connectivity index (χ1v) is 10.3. The molecule has 32 heavy (non-hydrogen) atoms. The van der Waals surface area contributed by atoms with E-state index >= 15 is 0 Å². The van der Waals surface area contributed by atoms with Crippen molar-refractivity contribution >= 4 is 5.91 Å². The van der Waals surface area contributed by atoms with E-state index in [1.165, 1.54) is 6.33 Å². The highest BCUT2D eigenvalue weighted by Crippen LogP contribution is 2.30. The standard InChI is InChI=1S/C25H24N4O3/c1-16-4-10-21(11-5-16)31-18(3)25(30)27-13-19-6-8-20(9-7-19)24-22(14-26-15-28-24)23-12-17(2)29-32-23/h4-12,14-15,18H,13H2,1-3H3,(H,27,30)/t18-/m0/s1. The molecule has 0 spiro atoms. The number of nitrogens with zero attached hydrogens (tertiary/aromatic N) is 3. The summed E-state index contributed by atoms with van der Waals surface area (Å²) in [5.74, 6) is 1.12. The largest absolute Gasteiger partial charge is 0.481 e. The molecule has 2 heterocycles. The van der Waals surface area contributed by atoms with E-state index in [2.05, 4.69) is 20.4 Å². The second kappa shape index (κ2) is 9.43. The minimum atomic E-state index is -0.592. The molecule has 0 saturated heterocycles. The van der Waals surface area contributed by atoms with Crippen molar-refractivity contribution < 1.29 is 14.1 Å². The Morgan fingerprint density at radius 2 is 1.84 bits per heavy atom. The quantitative estimate of drug-likeness (QED) is 0.466. The molecule has 1 atom stereocenters. The molecule has 1 amide bonds. The summed E-state index contributed by atoms with van der Waals surface area (Å²) in [4.78, 5) is 20.9. The number of hydrogen-bond donors (Lipinski definition) is 1. The Hall–Kier alpha value is -4.00. The van der Waals surface area contributed by atoms with E-state index in [-0.39, 0.29) is 5.91 Å². The van der Waals surface area contributed by atoms with Gasteiger partial charge in [-0.2, -0.15) is 0 Å². The van der Waals surface area contributed by atoms with Gasteiger partial charge in [-0.3, -0.25) is 4.79 Å². The van der Waals surface area contributed by atoms with Crippen LogP contribution in [-0.2, 0) is 11.3 Å². The van der Waals surface area contributed by atoms with Crippen molar-refractivity contribution in [1.82, 2.24) is 20.4 Å². The Bertz CT molecular complexity index is 1200. The second-order valence-electron chi connectivity index (χ2n) is 7.61. The number of amides is 1. The molecule has 162 valence electrons. The highest BCUT2D eigenvalue weighted by Gasteiger charge is 2.15. The monoisotopic (exact) mass is 428 g/mol. The van der Waals surface area contributed by atoms with Crippen molar-refractivity contribution in [2.24, 2.45) is 0 Å². The summed E-state index contributed by atoms with van der Waals surface area (Å²) in [5.41, 5.74) is 5.35. The van der Waals surface area contributed by atoms with Crippen molar-refractivity contribution in [3.8, 4) is 28.3 Å². The zero-order chi connectivity index (χ0) is 22.5. The molecular weight excluding hydrogens is 404 g/mol. The van der Waals surface area contributed by atoms with Crippen LogP contribution in [-0.4, -0.2) is 27.1 Å². The van der Waals surface area contributed by atoms with Gasteiger partial charge in [0.1, 0.15) is 12.1 Å². The zero-order valence-electron chi connectivity index (χ0n) is 18.2. The van der Waals surface area contributed by atoms with Gasteiger partial charge in [-0.25, -0.2) is 9.97 Å². The van der Waals surface area contributed by atoms with Gasteiger partial charge in [0.2, 0.25) is 0 Å². The Morgan fingerprint density at radius 3 is 2.53 bits per heavy atom. The molecule has 1 N–H and O–H groups in total. The van der Waals surface area contributed by atoms with Crippen LogP contribution in [0.3, 0.4) is 0 Å². The number of benzene rings is 2. The van der Waals surface area contributed by atoms with Gasteiger partial charge >= 0.3 is 0 Å². The lowest BCUT2D eigenvalue weighted by Crippen LogP contribution is -2.35. The summed E-state index contributed by atoms with van der Waals surface area (Å²) < 4.78 is 11.1. The van der Waals surface area contributed by atoms with Gasteiger partial charge in [-0.1, -0.05) is 47.1 Å². The van der Waals surface area contributed by atoms with Crippen LogP contribution in [0.2, 0.25) is 0 Å². The highest BCUT2D eigenvalue weighted by molar-refractivity contribution is 5.81. The highest BCUT2D eigenvalue weighted by atomic mass is 16.5. The molecule has 7 nitrogen and oxygen atoms in total. The predicted molar refractivity (Wildman–Crippen MR) is 121 cm³/mol. The normalized spacial score (nSPS) is 11.7. The van der Waals surface area contributed by atoms with Crippen LogP contribution in [0, 0.1) is 13.8 Å². The summed E-state index contributed by atoms with van der Waals surface area (Å²) in [6, 6.07) is 17.3. The molecular formula is C25H24N4O3. The maximum atomic E-state index is 12.4. The third-order valence-corrected chi connectivity index (χ3v) is 5.00. The van der Waals surface area contributed by atoms with E-state index < -0.39 is 6.10 Å². The molecule has 2 aromatic heterocycles. The smallest absolute Gasteiger partial charge is 0.261 e. The second-order valence-corrected chi connectivity index (χ2v) is 7.61. The van der Waals surface area contributed by atoms with E-state index in [0.29, 0.717) is 18.1 Å². The SMILES string of the molecule is Cc1ccc(O[C@@H](C)C(=O)NCc2ccc(-c3ncncc3-c3cc(C)no3)cc2)cc1. The number of hydrogen-bond acceptors (Lipinski definition) is 6. The molecule has 0 aliphatic carbocycles. The molecule has 4 rings (SSSR count). The van der Waals surface area contributed by atoms with Crippen molar-refractivity contribution in [3.63, 3.8) is 0 Å². The van der Waals surface area contributed by atoms with Crippen LogP contribution in [0.5, 0.6) is 5.75 Å². The predicted octanol–water partition coefficient (Wildman–Crippen LogP) is 4.50. The number of carbonyl (C=O) groups is 1. The summed E-state index contributed by atoms with van der Waals surface area (Å²) in [6.07, 6.45) is 2.63. The van der Waals surface area contributed by atoms with Gasteiger partial charge in [0.15, 0.2) is 11.9 Å². The van der Waals surface area contributed by atoms with Gasteiger partial charge in [-0.05, 0) is 38.5 Å². The first kappa shape index (κ1) is 21.2. The zero-order valence-corrected chi connectivity index (χ0v) is 18.2. The van der Waals surface area contributed by atoms with Gasteiger partial charge in [0.05, 0.1) is 17.0 Å². The lowest BCUT2D eigenvalue weighted by molar-refractivity contribution is -0.127. The lowest BCUT2D eigenvalue weighted by Gasteiger charge is -2.15. The van der Waals surface area contributed by atoms with Gasteiger partial charge in [0, 0.05) is 24.4 Å². The number of rotatable bonds is 7. The Balaban J connectivity index is 1.39. The van der Waals surface area contributed by atoms with Crippen LogP contribution in [0.25, 0.3) is 22.6 Å². The van der Waals surface area contributed by atoms with Crippen LogP contribution in [0.15, 0.2) is 71.6 Å². The van der Waals surface area contributed by atoms with E-state index in [1.807, 2.05) is 68.4 Å². The fourth-order valence-corrected chi connectivity index (χ4v) is 3.22. The first-order valence-electron chi connectivity index (χ1n) is 10.3. The van der Waals surface area contributed by atoms with E-state index in [1.54, 1.807) is 13.1 Å². The lowest BCUT2D eigenvalue weighted by atomic mass is 10.0. The van der Waals surface area contributed by atoms with Crippen molar-refractivity contribution in [1.29, 1.82) is 0 Å². The summed E-state index contributed by atoms with van der Waals surface area (Å²) in [6.45, 7) is 6.01. The van der Waals surface area contributed by atoms with Crippen molar-refractivity contribution in [2.45, 2.75) is 33.4 Å². The average molecular weight is 428 g/mol. The number of carbonyl (C=O) groups excluding carboxylic acids is 1.